The summed E-state index contributed by atoms with van der Waals surface area (Å²) >= 11 is 0. The fourth-order valence-corrected chi connectivity index (χ4v) is 2.30. The van der Waals surface area contributed by atoms with Gasteiger partial charge in [0.2, 0.25) is 0 Å². The Hall–Kier alpha value is -1.16. The molecule has 1 N–H and O–H groups in total. The van der Waals surface area contributed by atoms with E-state index >= 15 is 0 Å². The van der Waals surface area contributed by atoms with Crippen LogP contribution in [-0.2, 0) is 5.41 Å². The Kier molecular flexibility index (Phi) is 3.33. The minimum absolute atomic E-state index is 0.0784. The van der Waals surface area contributed by atoms with E-state index in [1.54, 1.807) is 0 Å². The van der Waals surface area contributed by atoms with Gasteiger partial charge in [-0.2, -0.15) is 0 Å². The molecule has 0 unspecified atom stereocenters. The van der Waals surface area contributed by atoms with Crippen LogP contribution in [0.4, 0.5) is 5.82 Å². The third kappa shape index (κ3) is 2.57. The van der Waals surface area contributed by atoms with Crippen molar-refractivity contribution in [2.45, 2.75) is 32.1 Å². The maximum absolute atomic E-state index is 4.70. The standard InChI is InChI=1S/C13H22N4/c1-10-8-11(17(3)4)16-12(15-10)13(2)6-5-7-14-9-13/h8,14H,5-7,9H2,1-4H3/t13-/m0/s1. The first-order valence-electron chi connectivity index (χ1n) is 6.25. The third-order valence-corrected chi connectivity index (χ3v) is 3.44. The van der Waals surface area contributed by atoms with Gasteiger partial charge in [-0.3, -0.25) is 0 Å². The maximum atomic E-state index is 4.70. The first kappa shape index (κ1) is 12.3. The molecule has 4 nitrogen and oxygen atoms in total. The number of anilines is 1. The molecule has 0 aliphatic carbocycles. The number of aryl methyl sites for hydroxylation is 1. The van der Waals surface area contributed by atoms with E-state index in [0.717, 1.165) is 36.8 Å². The van der Waals surface area contributed by atoms with Crippen LogP contribution >= 0.6 is 0 Å². The predicted octanol–water partition coefficient (Wildman–Crippen LogP) is 1.49. The second kappa shape index (κ2) is 4.61. The molecule has 0 saturated carbocycles. The Labute approximate surface area is 103 Å². The summed E-state index contributed by atoms with van der Waals surface area (Å²) < 4.78 is 0. The van der Waals surface area contributed by atoms with Crippen molar-refractivity contribution >= 4 is 5.82 Å². The third-order valence-electron chi connectivity index (χ3n) is 3.44. The van der Waals surface area contributed by atoms with E-state index in [2.05, 4.69) is 17.2 Å². The van der Waals surface area contributed by atoms with E-state index in [0.29, 0.717) is 0 Å². The van der Waals surface area contributed by atoms with Crippen molar-refractivity contribution in [2.24, 2.45) is 0 Å². The van der Waals surface area contributed by atoms with Crippen molar-refractivity contribution in [1.29, 1.82) is 0 Å². The van der Waals surface area contributed by atoms with E-state index in [-0.39, 0.29) is 5.41 Å². The van der Waals surface area contributed by atoms with Crippen LogP contribution in [0.25, 0.3) is 0 Å². The molecule has 4 heteroatoms. The van der Waals surface area contributed by atoms with Crippen LogP contribution in [0.5, 0.6) is 0 Å². The molecular formula is C13H22N4. The highest BCUT2D eigenvalue weighted by Crippen LogP contribution is 2.29. The first-order chi connectivity index (χ1) is 8.01. The summed E-state index contributed by atoms with van der Waals surface area (Å²) in [5.74, 6) is 1.98. The zero-order valence-corrected chi connectivity index (χ0v) is 11.2. The highest BCUT2D eigenvalue weighted by Gasteiger charge is 2.32. The summed E-state index contributed by atoms with van der Waals surface area (Å²) in [5.41, 5.74) is 1.13. The smallest absolute Gasteiger partial charge is 0.138 e. The van der Waals surface area contributed by atoms with Gasteiger partial charge in [-0.1, -0.05) is 6.92 Å². The van der Waals surface area contributed by atoms with Gasteiger partial charge in [0, 0.05) is 37.8 Å². The number of rotatable bonds is 2. The molecule has 1 aromatic rings. The lowest BCUT2D eigenvalue weighted by atomic mass is 9.82. The molecule has 0 aromatic carbocycles. The number of aromatic nitrogens is 2. The molecule has 17 heavy (non-hydrogen) atoms. The van der Waals surface area contributed by atoms with E-state index < -0.39 is 0 Å². The lowest BCUT2D eigenvalue weighted by Crippen LogP contribution is -2.42. The van der Waals surface area contributed by atoms with Crippen molar-refractivity contribution in [1.82, 2.24) is 15.3 Å². The zero-order chi connectivity index (χ0) is 12.5. The molecule has 1 fully saturated rings. The number of hydrogen-bond donors (Lipinski definition) is 1. The molecule has 1 aliphatic heterocycles. The molecule has 0 spiro atoms. The molecule has 0 radical (unpaired) electrons. The largest absolute Gasteiger partial charge is 0.363 e. The summed E-state index contributed by atoms with van der Waals surface area (Å²) in [6, 6.07) is 2.03. The first-order valence-corrected chi connectivity index (χ1v) is 6.25. The van der Waals surface area contributed by atoms with Crippen molar-refractivity contribution in [2.75, 3.05) is 32.1 Å². The monoisotopic (exact) mass is 234 g/mol. The summed E-state index contributed by atoms with van der Waals surface area (Å²) in [7, 11) is 4.04. The van der Waals surface area contributed by atoms with Gasteiger partial charge in [-0.05, 0) is 26.3 Å². The van der Waals surface area contributed by atoms with Crippen molar-refractivity contribution in [3.63, 3.8) is 0 Å². The van der Waals surface area contributed by atoms with Gasteiger partial charge in [0.15, 0.2) is 0 Å². The van der Waals surface area contributed by atoms with Gasteiger partial charge < -0.3 is 10.2 Å². The van der Waals surface area contributed by atoms with Crippen molar-refractivity contribution < 1.29 is 0 Å². The van der Waals surface area contributed by atoms with Crippen LogP contribution in [0.3, 0.4) is 0 Å². The number of nitrogens with one attached hydrogen (secondary N) is 1. The maximum Gasteiger partial charge on any atom is 0.138 e. The fourth-order valence-electron chi connectivity index (χ4n) is 2.30. The van der Waals surface area contributed by atoms with Crippen LogP contribution in [0, 0.1) is 6.92 Å². The average Bonchev–Trinajstić information content (AvgIpc) is 2.29. The van der Waals surface area contributed by atoms with Gasteiger partial charge in [0.1, 0.15) is 11.6 Å². The zero-order valence-electron chi connectivity index (χ0n) is 11.2. The molecule has 1 aliphatic rings. The normalized spacial score (nSPS) is 24.7. The molecule has 1 atom stereocenters. The van der Waals surface area contributed by atoms with Crippen LogP contribution in [0.15, 0.2) is 6.07 Å². The minimum atomic E-state index is 0.0784. The molecule has 2 heterocycles. The van der Waals surface area contributed by atoms with Gasteiger partial charge >= 0.3 is 0 Å². The molecule has 0 bridgehead atoms. The lowest BCUT2D eigenvalue weighted by molar-refractivity contribution is 0.323. The van der Waals surface area contributed by atoms with Crippen LogP contribution < -0.4 is 10.2 Å². The predicted molar refractivity (Wildman–Crippen MR) is 70.6 cm³/mol. The van der Waals surface area contributed by atoms with Crippen LogP contribution in [-0.4, -0.2) is 37.2 Å². The molecule has 94 valence electrons. The Morgan fingerprint density at radius 1 is 1.35 bits per heavy atom. The topological polar surface area (TPSA) is 41.1 Å². The summed E-state index contributed by atoms with van der Waals surface area (Å²) in [4.78, 5) is 11.4. The second-order valence-corrected chi connectivity index (χ2v) is 5.43. The van der Waals surface area contributed by atoms with Crippen LogP contribution in [0.1, 0.15) is 31.3 Å². The molecule has 1 aromatic heterocycles. The van der Waals surface area contributed by atoms with E-state index in [1.807, 2.05) is 32.0 Å². The van der Waals surface area contributed by atoms with E-state index in [1.165, 1.54) is 6.42 Å². The van der Waals surface area contributed by atoms with Crippen LogP contribution in [0.2, 0.25) is 0 Å². The fraction of sp³-hybridized carbons (Fsp3) is 0.692. The van der Waals surface area contributed by atoms with Crippen molar-refractivity contribution in [3.05, 3.63) is 17.6 Å². The van der Waals surface area contributed by atoms with Gasteiger partial charge in [-0.25, -0.2) is 9.97 Å². The number of hydrogen-bond acceptors (Lipinski definition) is 4. The Morgan fingerprint density at radius 3 is 2.71 bits per heavy atom. The quantitative estimate of drug-likeness (QED) is 0.842. The molecule has 1 saturated heterocycles. The van der Waals surface area contributed by atoms with Gasteiger partial charge in [0.25, 0.3) is 0 Å². The van der Waals surface area contributed by atoms with Gasteiger partial charge in [0.05, 0.1) is 0 Å². The lowest BCUT2D eigenvalue weighted by Gasteiger charge is -2.33. The average molecular weight is 234 g/mol. The van der Waals surface area contributed by atoms with Crippen molar-refractivity contribution in [3.8, 4) is 0 Å². The SMILES string of the molecule is Cc1cc(N(C)C)nc([C@@]2(C)CCCNC2)n1. The Morgan fingerprint density at radius 2 is 2.12 bits per heavy atom. The minimum Gasteiger partial charge on any atom is -0.363 e. The number of piperidine rings is 1. The second-order valence-electron chi connectivity index (χ2n) is 5.43. The highest BCUT2D eigenvalue weighted by molar-refractivity contribution is 5.38. The van der Waals surface area contributed by atoms with E-state index in [9.17, 15) is 0 Å². The highest BCUT2D eigenvalue weighted by atomic mass is 15.2. The Bertz CT molecular complexity index is 394. The Balaban J connectivity index is 2.37. The molecule has 0 amide bonds. The summed E-state index contributed by atoms with van der Waals surface area (Å²) in [5, 5.41) is 3.45. The summed E-state index contributed by atoms with van der Waals surface area (Å²) in [6.45, 7) is 6.39. The number of nitrogens with zero attached hydrogens (tertiary/aromatic N) is 3. The van der Waals surface area contributed by atoms with E-state index in [4.69, 9.17) is 4.98 Å². The van der Waals surface area contributed by atoms with Gasteiger partial charge in [-0.15, -0.1) is 0 Å². The summed E-state index contributed by atoms with van der Waals surface area (Å²) in [6.07, 6.45) is 2.36. The molecule has 2 rings (SSSR count). The molecular weight excluding hydrogens is 212 g/mol.